The van der Waals surface area contributed by atoms with Crippen LogP contribution in [0.1, 0.15) is 19.3 Å². The standard InChI is InChI=1S/C11H19N5O2S/c1-12-8-3-4-11(17-5-6-18-11)7-9(8)19-10-13-14-15-16(10)2/h8-9,12H,3-7H2,1-2H3. The third-order valence-corrected chi connectivity index (χ3v) is 5.17. The lowest BCUT2D eigenvalue weighted by Crippen LogP contribution is -2.48. The van der Waals surface area contributed by atoms with Crippen molar-refractivity contribution in [2.24, 2.45) is 7.05 Å². The monoisotopic (exact) mass is 285 g/mol. The first-order valence-corrected chi connectivity index (χ1v) is 7.45. The summed E-state index contributed by atoms with van der Waals surface area (Å²) in [6.07, 6.45) is 2.86. The van der Waals surface area contributed by atoms with Gasteiger partial charge in [-0.2, -0.15) is 0 Å². The fraction of sp³-hybridized carbons (Fsp3) is 0.909. The Kier molecular flexibility index (Phi) is 3.75. The Labute approximate surface area is 116 Å². The van der Waals surface area contributed by atoms with Crippen molar-refractivity contribution in [1.82, 2.24) is 25.5 Å². The van der Waals surface area contributed by atoms with Gasteiger partial charge in [0, 0.05) is 31.2 Å². The number of hydrogen-bond acceptors (Lipinski definition) is 7. The molecule has 2 aliphatic rings. The van der Waals surface area contributed by atoms with Crippen LogP contribution in [0.15, 0.2) is 5.16 Å². The number of hydrogen-bond donors (Lipinski definition) is 1. The molecule has 2 unspecified atom stereocenters. The lowest BCUT2D eigenvalue weighted by atomic mass is 9.89. The van der Waals surface area contributed by atoms with Crippen molar-refractivity contribution < 1.29 is 9.47 Å². The van der Waals surface area contributed by atoms with E-state index in [-0.39, 0.29) is 5.79 Å². The van der Waals surface area contributed by atoms with Crippen molar-refractivity contribution in [3.63, 3.8) is 0 Å². The molecule has 19 heavy (non-hydrogen) atoms. The lowest BCUT2D eigenvalue weighted by molar-refractivity contribution is -0.177. The van der Waals surface area contributed by atoms with E-state index in [4.69, 9.17) is 9.47 Å². The zero-order valence-electron chi connectivity index (χ0n) is 11.2. The molecular formula is C11H19N5O2S. The summed E-state index contributed by atoms with van der Waals surface area (Å²) in [4.78, 5) is 0. The van der Waals surface area contributed by atoms with Crippen molar-refractivity contribution in [2.45, 2.75) is 41.5 Å². The van der Waals surface area contributed by atoms with E-state index in [1.807, 2.05) is 14.1 Å². The van der Waals surface area contributed by atoms with Crippen molar-refractivity contribution in [3.05, 3.63) is 0 Å². The highest BCUT2D eigenvalue weighted by molar-refractivity contribution is 7.99. The Hall–Kier alpha value is -0.700. The van der Waals surface area contributed by atoms with Crippen LogP contribution >= 0.6 is 11.8 Å². The van der Waals surface area contributed by atoms with E-state index in [1.165, 1.54) is 0 Å². The van der Waals surface area contributed by atoms with Crippen LogP contribution in [0.4, 0.5) is 0 Å². The maximum absolute atomic E-state index is 5.83. The molecule has 1 N–H and O–H groups in total. The Morgan fingerprint density at radius 3 is 2.84 bits per heavy atom. The number of nitrogens with zero attached hydrogens (tertiary/aromatic N) is 4. The molecule has 1 aliphatic carbocycles. The van der Waals surface area contributed by atoms with Gasteiger partial charge in [0.25, 0.3) is 0 Å². The van der Waals surface area contributed by atoms with E-state index in [2.05, 4.69) is 20.8 Å². The summed E-state index contributed by atoms with van der Waals surface area (Å²) in [6, 6.07) is 0.431. The smallest absolute Gasteiger partial charge is 0.209 e. The summed E-state index contributed by atoms with van der Waals surface area (Å²) in [5.74, 6) is -0.378. The molecule has 0 bridgehead atoms. The van der Waals surface area contributed by atoms with Gasteiger partial charge >= 0.3 is 0 Å². The van der Waals surface area contributed by atoms with Gasteiger partial charge in [-0.15, -0.1) is 5.10 Å². The number of rotatable bonds is 3. The molecule has 1 saturated heterocycles. The van der Waals surface area contributed by atoms with E-state index >= 15 is 0 Å². The first kappa shape index (κ1) is 13.3. The van der Waals surface area contributed by atoms with Crippen LogP contribution in [0.3, 0.4) is 0 Å². The van der Waals surface area contributed by atoms with E-state index in [0.29, 0.717) is 24.5 Å². The molecule has 0 amide bonds. The highest BCUT2D eigenvalue weighted by Crippen LogP contribution is 2.41. The van der Waals surface area contributed by atoms with Gasteiger partial charge in [0.15, 0.2) is 5.79 Å². The Balaban J connectivity index is 1.74. The fourth-order valence-electron chi connectivity index (χ4n) is 2.78. The molecule has 1 saturated carbocycles. The van der Waals surface area contributed by atoms with Gasteiger partial charge in [0.05, 0.1) is 13.2 Å². The fourth-order valence-corrected chi connectivity index (χ4v) is 4.10. The average molecular weight is 285 g/mol. The van der Waals surface area contributed by atoms with Crippen LogP contribution in [-0.2, 0) is 16.5 Å². The summed E-state index contributed by atoms with van der Waals surface area (Å²) >= 11 is 1.70. The number of ether oxygens (including phenoxy) is 2. The molecule has 0 aromatic carbocycles. The second kappa shape index (κ2) is 5.35. The van der Waals surface area contributed by atoms with Crippen molar-refractivity contribution >= 4 is 11.8 Å². The zero-order valence-corrected chi connectivity index (χ0v) is 12.0. The third-order valence-electron chi connectivity index (χ3n) is 3.82. The summed E-state index contributed by atoms with van der Waals surface area (Å²) in [7, 11) is 3.86. The Bertz CT molecular complexity index is 434. The van der Waals surface area contributed by atoms with E-state index in [1.54, 1.807) is 16.4 Å². The van der Waals surface area contributed by atoms with Gasteiger partial charge in [-0.1, -0.05) is 11.8 Å². The van der Waals surface area contributed by atoms with E-state index in [9.17, 15) is 0 Å². The molecule has 1 spiro atoms. The minimum atomic E-state index is -0.378. The van der Waals surface area contributed by atoms with Gasteiger partial charge in [0.2, 0.25) is 5.16 Å². The van der Waals surface area contributed by atoms with Crippen LogP contribution in [0, 0.1) is 0 Å². The third kappa shape index (κ3) is 2.62. The summed E-state index contributed by atoms with van der Waals surface area (Å²) < 4.78 is 13.4. The first-order chi connectivity index (χ1) is 9.22. The van der Waals surface area contributed by atoms with Crippen molar-refractivity contribution in [1.29, 1.82) is 0 Å². The van der Waals surface area contributed by atoms with Gasteiger partial charge < -0.3 is 14.8 Å². The topological polar surface area (TPSA) is 74.1 Å². The minimum absolute atomic E-state index is 0.349. The summed E-state index contributed by atoms with van der Waals surface area (Å²) in [5, 5.41) is 16.2. The normalized spacial score (nSPS) is 30.0. The van der Waals surface area contributed by atoms with Crippen LogP contribution in [0.5, 0.6) is 0 Å². The quantitative estimate of drug-likeness (QED) is 0.849. The molecule has 0 radical (unpaired) electrons. The van der Waals surface area contributed by atoms with Crippen molar-refractivity contribution in [3.8, 4) is 0 Å². The number of aryl methyl sites for hydroxylation is 1. The maximum Gasteiger partial charge on any atom is 0.209 e. The second-order valence-electron chi connectivity index (χ2n) is 4.99. The number of thioether (sulfide) groups is 1. The molecule has 106 valence electrons. The van der Waals surface area contributed by atoms with Gasteiger partial charge in [-0.3, -0.25) is 0 Å². The highest BCUT2D eigenvalue weighted by Gasteiger charge is 2.45. The molecule has 1 aliphatic heterocycles. The van der Waals surface area contributed by atoms with Crippen molar-refractivity contribution in [2.75, 3.05) is 20.3 Å². The molecule has 1 aromatic heterocycles. The zero-order chi connectivity index (χ0) is 13.3. The maximum atomic E-state index is 5.83. The summed E-state index contributed by atoms with van der Waals surface area (Å²) in [5.41, 5.74) is 0. The van der Waals surface area contributed by atoms with Crippen LogP contribution in [0.25, 0.3) is 0 Å². The molecular weight excluding hydrogens is 266 g/mol. The molecule has 1 aromatic rings. The molecule has 2 fully saturated rings. The van der Waals surface area contributed by atoms with E-state index < -0.39 is 0 Å². The van der Waals surface area contributed by atoms with Gasteiger partial charge in [-0.05, 0) is 23.9 Å². The number of aromatic nitrogens is 4. The Morgan fingerprint density at radius 1 is 1.42 bits per heavy atom. The molecule has 2 heterocycles. The summed E-state index contributed by atoms with van der Waals surface area (Å²) in [6.45, 7) is 1.40. The van der Waals surface area contributed by atoms with Crippen LogP contribution in [-0.4, -0.2) is 57.5 Å². The highest BCUT2D eigenvalue weighted by atomic mass is 32.2. The lowest BCUT2D eigenvalue weighted by Gasteiger charge is -2.40. The van der Waals surface area contributed by atoms with E-state index in [0.717, 1.165) is 24.4 Å². The van der Waals surface area contributed by atoms with Crippen LogP contribution < -0.4 is 5.32 Å². The van der Waals surface area contributed by atoms with Gasteiger partial charge in [0.1, 0.15) is 0 Å². The van der Waals surface area contributed by atoms with Crippen LogP contribution in [0.2, 0.25) is 0 Å². The molecule has 2 atom stereocenters. The molecule has 7 nitrogen and oxygen atoms in total. The average Bonchev–Trinajstić information content (AvgIpc) is 3.01. The van der Waals surface area contributed by atoms with Gasteiger partial charge in [-0.25, -0.2) is 4.68 Å². The SMILES string of the molecule is CNC1CCC2(CC1Sc1nnnn1C)OCCO2. The molecule has 8 heteroatoms. The molecule has 3 rings (SSSR count). The number of nitrogens with one attached hydrogen (secondary N) is 1. The Morgan fingerprint density at radius 2 is 2.21 bits per heavy atom. The second-order valence-corrected chi connectivity index (χ2v) is 6.19. The predicted octanol–water partition coefficient (Wildman–Crippen LogP) is 0.186. The largest absolute Gasteiger partial charge is 0.347 e. The number of tetrazole rings is 1. The minimum Gasteiger partial charge on any atom is -0.347 e. The first-order valence-electron chi connectivity index (χ1n) is 6.57. The predicted molar refractivity (Wildman–Crippen MR) is 69.8 cm³/mol.